The molecule has 3 heteroatoms. The van der Waals surface area contributed by atoms with Gasteiger partial charge in [-0.05, 0) is 77.9 Å². The van der Waals surface area contributed by atoms with Gasteiger partial charge in [0, 0.05) is 45.3 Å². The van der Waals surface area contributed by atoms with Crippen molar-refractivity contribution in [2.45, 2.75) is 0 Å². The number of carbonyl (C=O) groups excluding carboxylic acids is 1. The second-order valence-corrected chi connectivity index (χ2v) is 10.7. The first-order chi connectivity index (χ1) is 22.7. The Hall–Kier alpha value is -6.19. The molecule has 222 valence electrons. The van der Waals surface area contributed by atoms with Crippen LogP contribution in [0.2, 0.25) is 0 Å². The summed E-state index contributed by atoms with van der Waals surface area (Å²) >= 11 is 0. The lowest BCUT2D eigenvalue weighted by atomic mass is 9.93. The van der Waals surface area contributed by atoms with Crippen LogP contribution in [0, 0.1) is 0 Å². The summed E-state index contributed by atoms with van der Waals surface area (Å²) in [4.78, 5) is 18.3. The largest absolute Gasteiger partial charge is 0.310 e. The quantitative estimate of drug-likeness (QED) is 0.110. The zero-order chi connectivity index (χ0) is 31.7. The number of hydrogen-bond donors (Lipinski definition) is 0. The number of carbonyl (C=O) groups is 1. The third-order valence-electron chi connectivity index (χ3n) is 7.74. The van der Waals surface area contributed by atoms with Crippen molar-refractivity contribution in [3.63, 3.8) is 0 Å². The molecule has 0 unspecified atom stereocenters. The Morgan fingerprint density at radius 1 is 0.522 bits per heavy atom. The fourth-order valence-corrected chi connectivity index (χ4v) is 5.67. The van der Waals surface area contributed by atoms with Gasteiger partial charge in [0.25, 0.3) is 0 Å². The highest BCUT2D eigenvalue weighted by molar-refractivity contribution is 6.13. The maximum Gasteiger partial charge on any atom is 0.193 e. The molecule has 0 amide bonds. The van der Waals surface area contributed by atoms with E-state index in [1.54, 1.807) is 6.08 Å². The fourth-order valence-electron chi connectivity index (χ4n) is 5.67. The number of anilines is 5. The third kappa shape index (κ3) is 6.35. The molecular weight excluding hydrogens is 560 g/mol. The molecule has 0 atom stereocenters. The van der Waals surface area contributed by atoms with Crippen molar-refractivity contribution in [2.24, 2.45) is 0 Å². The van der Waals surface area contributed by atoms with Crippen LogP contribution in [0.3, 0.4) is 0 Å². The molecule has 46 heavy (non-hydrogen) atoms. The normalized spacial score (nSPS) is 11.0. The average molecular weight is 595 g/mol. The highest BCUT2D eigenvalue weighted by atomic mass is 16.1. The molecule has 0 aliphatic heterocycles. The lowest BCUT2D eigenvalue weighted by Crippen LogP contribution is -2.17. The van der Waals surface area contributed by atoms with E-state index in [1.807, 2.05) is 121 Å². The topological polar surface area (TPSA) is 23.6 Å². The first-order valence-corrected chi connectivity index (χ1v) is 15.2. The van der Waals surface area contributed by atoms with Crippen LogP contribution >= 0.6 is 0 Å². The maximum atomic E-state index is 13.9. The number of ketones is 1. The van der Waals surface area contributed by atoms with Gasteiger partial charge in [0.15, 0.2) is 5.78 Å². The van der Waals surface area contributed by atoms with Crippen LogP contribution in [0.15, 0.2) is 201 Å². The van der Waals surface area contributed by atoms with E-state index in [9.17, 15) is 4.79 Å². The second-order valence-electron chi connectivity index (χ2n) is 10.7. The molecule has 0 saturated heterocycles. The Balaban J connectivity index is 1.65. The molecular formula is C43H34N2O. The Morgan fingerprint density at radius 2 is 1.02 bits per heavy atom. The van der Waals surface area contributed by atoms with Crippen molar-refractivity contribution >= 4 is 34.2 Å². The highest BCUT2D eigenvalue weighted by Gasteiger charge is 2.21. The number of para-hydroxylation sites is 3. The van der Waals surface area contributed by atoms with Gasteiger partial charge < -0.3 is 9.80 Å². The van der Waals surface area contributed by atoms with Gasteiger partial charge in [-0.3, -0.25) is 4.79 Å². The monoisotopic (exact) mass is 594 g/mol. The Bertz CT molecular complexity index is 1940. The maximum absolute atomic E-state index is 13.9. The molecule has 0 bridgehead atoms. The number of hydrogen-bond acceptors (Lipinski definition) is 3. The lowest BCUT2D eigenvalue weighted by Gasteiger charge is -2.30. The van der Waals surface area contributed by atoms with Crippen molar-refractivity contribution in [2.75, 3.05) is 9.80 Å². The van der Waals surface area contributed by atoms with E-state index in [-0.39, 0.29) is 5.78 Å². The van der Waals surface area contributed by atoms with E-state index < -0.39 is 0 Å². The molecule has 0 aliphatic carbocycles. The van der Waals surface area contributed by atoms with Gasteiger partial charge in [-0.2, -0.15) is 0 Å². The molecule has 6 aromatic carbocycles. The molecule has 0 heterocycles. The molecule has 0 fully saturated rings. The summed E-state index contributed by atoms with van der Waals surface area (Å²) in [6.45, 7) is 8.11. The van der Waals surface area contributed by atoms with Crippen LogP contribution in [-0.4, -0.2) is 5.78 Å². The average Bonchev–Trinajstić information content (AvgIpc) is 3.13. The summed E-state index contributed by atoms with van der Waals surface area (Å²) in [6.07, 6.45) is 5.55. The van der Waals surface area contributed by atoms with Crippen molar-refractivity contribution < 1.29 is 4.79 Å². The molecule has 0 saturated carbocycles. The minimum Gasteiger partial charge on any atom is -0.310 e. The molecule has 0 aromatic heterocycles. The Labute approximate surface area is 271 Å². The van der Waals surface area contributed by atoms with Crippen molar-refractivity contribution in [3.8, 4) is 11.1 Å². The minimum absolute atomic E-state index is 0.0237. The van der Waals surface area contributed by atoms with Crippen LogP contribution < -0.4 is 9.80 Å². The molecule has 3 nitrogen and oxygen atoms in total. The van der Waals surface area contributed by atoms with E-state index >= 15 is 0 Å². The molecule has 0 N–H and O–H groups in total. The molecule has 0 spiro atoms. The molecule has 6 rings (SSSR count). The van der Waals surface area contributed by atoms with Gasteiger partial charge in [-0.15, -0.1) is 0 Å². The summed E-state index contributed by atoms with van der Waals surface area (Å²) < 4.78 is 0. The third-order valence-corrected chi connectivity index (χ3v) is 7.74. The van der Waals surface area contributed by atoms with Crippen LogP contribution in [0.1, 0.15) is 15.9 Å². The van der Waals surface area contributed by atoms with E-state index in [0.717, 1.165) is 45.3 Å². The van der Waals surface area contributed by atoms with Gasteiger partial charge >= 0.3 is 0 Å². The van der Waals surface area contributed by atoms with Crippen molar-refractivity contribution in [1.29, 1.82) is 0 Å². The SMILES string of the molecule is C=C/C=C(\C=C)N(c1ccccc1)c1cc(-c2ccccc2C(=O)c2ccccc2)cc(N(c2ccccc2)c2ccccc2)c1. The van der Waals surface area contributed by atoms with Crippen molar-refractivity contribution in [1.82, 2.24) is 0 Å². The van der Waals surface area contributed by atoms with Crippen LogP contribution in [0.4, 0.5) is 28.4 Å². The Morgan fingerprint density at radius 3 is 1.59 bits per heavy atom. The van der Waals surface area contributed by atoms with Crippen LogP contribution in [0.5, 0.6) is 0 Å². The molecule has 0 radical (unpaired) electrons. The van der Waals surface area contributed by atoms with Crippen LogP contribution in [-0.2, 0) is 0 Å². The lowest BCUT2D eigenvalue weighted by molar-refractivity contribution is 0.103. The van der Waals surface area contributed by atoms with Crippen molar-refractivity contribution in [3.05, 3.63) is 212 Å². The van der Waals surface area contributed by atoms with E-state index in [0.29, 0.717) is 11.1 Å². The highest BCUT2D eigenvalue weighted by Crippen LogP contribution is 2.42. The molecule has 0 aliphatic rings. The summed E-state index contributed by atoms with van der Waals surface area (Å²) in [7, 11) is 0. The van der Waals surface area contributed by atoms with Gasteiger partial charge in [-0.1, -0.05) is 128 Å². The standard InChI is InChI=1S/C43H34N2O/c1-3-19-35(4-2)44(36-22-11-6-12-23-36)39-30-34(41-28-17-18-29-42(41)43(46)33-20-9-5-10-21-33)31-40(32-39)45(37-24-13-7-14-25-37)38-26-15-8-16-27-38/h3-32H,1-2H2/b35-19+. The second kappa shape index (κ2) is 14.1. The predicted octanol–water partition coefficient (Wildman–Crippen LogP) is 11.4. The van der Waals surface area contributed by atoms with Gasteiger partial charge in [0.1, 0.15) is 0 Å². The minimum atomic E-state index is -0.0237. The first-order valence-electron chi connectivity index (χ1n) is 15.2. The van der Waals surface area contributed by atoms with Gasteiger partial charge in [-0.25, -0.2) is 0 Å². The predicted molar refractivity (Wildman–Crippen MR) is 193 cm³/mol. The Kier molecular flexibility index (Phi) is 9.13. The summed E-state index contributed by atoms with van der Waals surface area (Å²) in [6, 6.07) is 54.6. The number of rotatable bonds is 11. The van der Waals surface area contributed by atoms with E-state index in [1.165, 1.54) is 0 Å². The first kappa shape index (κ1) is 29.9. The van der Waals surface area contributed by atoms with Gasteiger partial charge in [0.2, 0.25) is 0 Å². The zero-order valence-corrected chi connectivity index (χ0v) is 25.5. The van der Waals surface area contributed by atoms with E-state index in [4.69, 9.17) is 0 Å². The number of allylic oxidation sites excluding steroid dienone is 3. The number of benzene rings is 6. The summed E-state index contributed by atoms with van der Waals surface area (Å²) in [5, 5.41) is 0. The zero-order valence-electron chi connectivity index (χ0n) is 25.5. The van der Waals surface area contributed by atoms with E-state index in [2.05, 4.69) is 77.6 Å². The van der Waals surface area contributed by atoms with Crippen LogP contribution in [0.25, 0.3) is 11.1 Å². The smallest absolute Gasteiger partial charge is 0.193 e. The fraction of sp³-hybridized carbons (Fsp3) is 0. The van der Waals surface area contributed by atoms with Gasteiger partial charge in [0.05, 0.1) is 0 Å². The summed E-state index contributed by atoms with van der Waals surface area (Å²) in [5.74, 6) is -0.0237. The summed E-state index contributed by atoms with van der Waals surface area (Å²) in [5.41, 5.74) is 8.76. The number of nitrogens with zero attached hydrogens (tertiary/aromatic N) is 2. The molecule has 6 aromatic rings.